The van der Waals surface area contributed by atoms with Crippen LogP contribution in [0, 0.1) is 6.92 Å². The zero-order chi connectivity index (χ0) is 11.2. The zero-order valence-electron chi connectivity index (χ0n) is 7.81. The number of pyridine rings is 1. The van der Waals surface area contributed by atoms with Crippen LogP contribution in [0.2, 0.25) is 10.0 Å². The first-order chi connectivity index (χ1) is 7.00. The van der Waals surface area contributed by atoms with E-state index in [1.807, 2.05) is 13.0 Å². The molecule has 2 rings (SSSR count). The summed E-state index contributed by atoms with van der Waals surface area (Å²) in [7, 11) is 0. The van der Waals surface area contributed by atoms with E-state index in [1.165, 1.54) is 0 Å². The molecule has 5 heteroatoms. The third kappa shape index (κ3) is 1.80. The van der Waals surface area contributed by atoms with E-state index >= 15 is 0 Å². The van der Waals surface area contributed by atoms with Crippen molar-refractivity contribution in [1.82, 2.24) is 4.98 Å². The van der Waals surface area contributed by atoms with Gasteiger partial charge in [-0.1, -0.05) is 23.2 Å². The second kappa shape index (κ2) is 3.81. The van der Waals surface area contributed by atoms with Crippen LogP contribution in [0.15, 0.2) is 16.6 Å². The third-order valence-electron chi connectivity index (χ3n) is 2.10. The number of nitrogens with zero attached hydrogens (tertiary/aromatic N) is 1. The van der Waals surface area contributed by atoms with Crippen LogP contribution < -0.4 is 5.73 Å². The summed E-state index contributed by atoms with van der Waals surface area (Å²) in [6, 6.07) is 3.63. The van der Waals surface area contributed by atoms with Gasteiger partial charge in [-0.2, -0.15) is 0 Å². The van der Waals surface area contributed by atoms with E-state index in [2.05, 4.69) is 20.9 Å². The molecule has 0 aliphatic carbocycles. The fraction of sp³-hybridized carbons (Fsp3) is 0.100. The lowest BCUT2D eigenvalue weighted by Crippen LogP contribution is -1.93. The highest BCUT2D eigenvalue weighted by Gasteiger charge is 2.11. The summed E-state index contributed by atoms with van der Waals surface area (Å²) in [4.78, 5) is 4.32. The Balaban J connectivity index is 2.98. The van der Waals surface area contributed by atoms with Crippen LogP contribution in [-0.2, 0) is 0 Å². The highest BCUT2D eigenvalue weighted by atomic mass is 79.9. The number of nitrogen functional groups attached to an aromatic ring is 1. The molecule has 2 aromatic rings. The molecule has 2 nitrogen and oxygen atoms in total. The smallest absolute Gasteiger partial charge is 0.0928 e. The first-order valence-electron chi connectivity index (χ1n) is 4.21. The summed E-state index contributed by atoms with van der Waals surface area (Å²) in [5.74, 6) is 0. The molecular formula is C10H7BrCl2N2. The molecule has 0 saturated carbocycles. The molecule has 0 bridgehead atoms. The molecule has 15 heavy (non-hydrogen) atoms. The van der Waals surface area contributed by atoms with Crippen molar-refractivity contribution in [2.45, 2.75) is 6.92 Å². The number of fused-ring (bicyclic) bond motifs is 1. The van der Waals surface area contributed by atoms with Gasteiger partial charge in [-0.25, -0.2) is 0 Å². The standard InChI is InChI=1S/C10H7BrCl2N2/c1-4-2-7(14)5-3-6(11)8(12)9(13)10(5)15-4/h2-3H,1H3,(H2,14,15). The van der Waals surface area contributed by atoms with E-state index in [-0.39, 0.29) is 0 Å². The van der Waals surface area contributed by atoms with Crippen LogP contribution in [0.25, 0.3) is 10.9 Å². The Bertz CT molecular complexity index is 555. The van der Waals surface area contributed by atoms with Crippen molar-refractivity contribution in [3.63, 3.8) is 0 Å². The van der Waals surface area contributed by atoms with E-state index in [9.17, 15) is 0 Å². The largest absolute Gasteiger partial charge is 0.398 e. The molecule has 2 N–H and O–H groups in total. The molecule has 0 radical (unpaired) electrons. The average Bonchev–Trinajstić information content (AvgIpc) is 2.17. The maximum Gasteiger partial charge on any atom is 0.0928 e. The van der Waals surface area contributed by atoms with Crippen LogP contribution >= 0.6 is 39.1 Å². The van der Waals surface area contributed by atoms with Gasteiger partial charge in [0.05, 0.1) is 15.6 Å². The lowest BCUT2D eigenvalue weighted by molar-refractivity contribution is 1.26. The first kappa shape index (κ1) is 11.0. The third-order valence-corrected chi connectivity index (χ3v) is 3.81. The van der Waals surface area contributed by atoms with Gasteiger partial charge in [-0.05, 0) is 35.0 Å². The maximum atomic E-state index is 6.10. The van der Waals surface area contributed by atoms with Crippen LogP contribution in [0.5, 0.6) is 0 Å². The van der Waals surface area contributed by atoms with E-state index < -0.39 is 0 Å². The van der Waals surface area contributed by atoms with Gasteiger partial charge >= 0.3 is 0 Å². The molecule has 0 spiro atoms. The molecule has 0 aliphatic heterocycles. The molecule has 0 amide bonds. The Labute approximate surface area is 106 Å². The molecule has 0 aliphatic rings. The Kier molecular flexibility index (Phi) is 2.79. The minimum absolute atomic E-state index is 0.427. The minimum Gasteiger partial charge on any atom is -0.398 e. The van der Waals surface area contributed by atoms with Gasteiger partial charge in [0.1, 0.15) is 0 Å². The number of benzene rings is 1. The van der Waals surface area contributed by atoms with E-state index in [0.717, 1.165) is 15.6 Å². The van der Waals surface area contributed by atoms with Crippen LogP contribution in [0.1, 0.15) is 5.69 Å². The van der Waals surface area contributed by atoms with E-state index in [1.54, 1.807) is 6.07 Å². The van der Waals surface area contributed by atoms with Gasteiger partial charge in [-0.3, -0.25) is 4.98 Å². The van der Waals surface area contributed by atoms with Crippen molar-refractivity contribution < 1.29 is 0 Å². The zero-order valence-corrected chi connectivity index (χ0v) is 10.9. The van der Waals surface area contributed by atoms with Gasteiger partial charge in [0.15, 0.2) is 0 Å². The molecule has 78 valence electrons. The highest BCUT2D eigenvalue weighted by Crippen LogP contribution is 2.37. The Morgan fingerprint density at radius 2 is 1.93 bits per heavy atom. The molecule has 1 heterocycles. The molecule has 1 aromatic heterocycles. The molecular weight excluding hydrogens is 299 g/mol. The number of halogens is 3. The average molecular weight is 306 g/mol. The molecule has 0 fully saturated rings. The van der Waals surface area contributed by atoms with Crippen molar-refractivity contribution in [3.05, 3.63) is 32.3 Å². The summed E-state index contributed by atoms with van der Waals surface area (Å²) in [5, 5.41) is 1.69. The highest BCUT2D eigenvalue weighted by molar-refractivity contribution is 9.10. The number of anilines is 1. The summed E-state index contributed by atoms with van der Waals surface area (Å²) in [6.07, 6.45) is 0. The lowest BCUT2D eigenvalue weighted by atomic mass is 10.1. The Hall–Kier alpha value is -0.510. The second-order valence-electron chi connectivity index (χ2n) is 3.24. The summed E-state index contributed by atoms with van der Waals surface area (Å²) in [6.45, 7) is 1.86. The van der Waals surface area contributed by atoms with Gasteiger partial charge in [0, 0.05) is 21.2 Å². The topological polar surface area (TPSA) is 38.9 Å². The van der Waals surface area contributed by atoms with Crippen LogP contribution in [-0.4, -0.2) is 4.98 Å². The van der Waals surface area contributed by atoms with Gasteiger partial charge in [0.2, 0.25) is 0 Å². The number of aryl methyl sites for hydroxylation is 1. The lowest BCUT2D eigenvalue weighted by Gasteiger charge is -2.07. The fourth-order valence-corrected chi connectivity index (χ4v) is 2.36. The number of nitrogens with two attached hydrogens (primary N) is 1. The van der Waals surface area contributed by atoms with Gasteiger partial charge in [0.25, 0.3) is 0 Å². The van der Waals surface area contributed by atoms with Crippen LogP contribution in [0.3, 0.4) is 0 Å². The van der Waals surface area contributed by atoms with E-state index in [0.29, 0.717) is 21.2 Å². The Morgan fingerprint density at radius 3 is 2.60 bits per heavy atom. The number of hydrogen-bond donors (Lipinski definition) is 1. The molecule has 0 saturated heterocycles. The SMILES string of the molecule is Cc1cc(N)c2cc(Br)c(Cl)c(Cl)c2n1. The first-order valence-corrected chi connectivity index (χ1v) is 5.76. The summed E-state index contributed by atoms with van der Waals surface area (Å²) >= 11 is 15.4. The van der Waals surface area contributed by atoms with Crippen LogP contribution in [0.4, 0.5) is 5.69 Å². The quantitative estimate of drug-likeness (QED) is 0.741. The van der Waals surface area contributed by atoms with Gasteiger partial charge < -0.3 is 5.73 Å². The Morgan fingerprint density at radius 1 is 1.27 bits per heavy atom. The van der Waals surface area contributed by atoms with Crippen molar-refractivity contribution in [1.29, 1.82) is 0 Å². The fourth-order valence-electron chi connectivity index (χ4n) is 1.43. The van der Waals surface area contributed by atoms with Crippen molar-refractivity contribution in [3.8, 4) is 0 Å². The molecule has 1 aromatic carbocycles. The number of hydrogen-bond acceptors (Lipinski definition) is 2. The maximum absolute atomic E-state index is 6.10. The molecule has 0 atom stereocenters. The number of rotatable bonds is 0. The summed E-state index contributed by atoms with van der Waals surface area (Å²) < 4.78 is 0.721. The second-order valence-corrected chi connectivity index (χ2v) is 4.85. The molecule has 0 unspecified atom stereocenters. The van der Waals surface area contributed by atoms with Gasteiger partial charge in [-0.15, -0.1) is 0 Å². The van der Waals surface area contributed by atoms with E-state index in [4.69, 9.17) is 28.9 Å². The van der Waals surface area contributed by atoms with Crippen molar-refractivity contribution in [2.24, 2.45) is 0 Å². The normalized spacial score (nSPS) is 10.9. The van der Waals surface area contributed by atoms with Crippen molar-refractivity contribution in [2.75, 3.05) is 5.73 Å². The summed E-state index contributed by atoms with van der Waals surface area (Å²) in [5.41, 5.74) is 7.99. The monoisotopic (exact) mass is 304 g/mol. The van der Waals surface area contributed by atoms with Crippen molar-refractivity contribution >= 4 is 55.7 Å². The predicted octanol–water partition coefficient (Wildman–Crippen LogP) is 4.19. The minimum atomic E-state index is 0.427. The predicted molar refractivity (Wildman–Crippen MR) is 68.6 cm³/mol. The number of aromatic nitrogens is 1.